The third-order valence-electron chi connectivity index (χ3n) is 2.46. The van der Waals surface area contributed by atoms with Gasteiger partial charge in [0.05, 0.1) is 11.9 Å². The summed E-state index contributed by atoms with van der Waals surface area (Å²) in [5.41, 5.74) is 0.910. The predicted molar refractivity (Wildman–Crippen MR) is 64.7 cm³/mol. The molecule has 0 amide bonds. The highest BCUT2D eigenvalue weighted by atomic mass is 19.1. The molecule has 0 fully saturated rings. The normalized spacial score (nSPS) is 12.4. The minimum absolute atomic E-state index is 0.213. The Morgan fingerprint density at radius 2 is 2.38 bits per heavy atom. The van der Waals surface area contributed by atoms with Crippen molar-refractivity contribution in [3.8, 4) is 0 Å². The van der Waals surface area contributed by atoms with Gasteiger partial charge in [0.15, 0.2) is 0 Å². The summed E-state index contributed by atoms with van der Waals surface area (Å²) < 4.78 is 12.7. The third kappa shape index (κ3) is 4.11. The zero-order chi connectivity index (χ0) is 11.8. The Kier molecular flexibility index (Phi) is 5.72. The molecule has 1 aromatic rings. The van der Waals surface area contributed by atoms with Crippen LogP contribution in [0.4, 0.5) is 4.39 Å². The van der Waals surface area contributed by atoms with Gasteiger partial charge in [0.25, 0.3) is 0 Å². The first-order valence-corrected chi connectivity index (χ1v) is 5.73. The molecule has 0 bridgehead atoms. The summed E-state index contributed by atoms with van der Waals surface area (Å²) in [4.78, 5) is 4.11. The molecule has 0 aromatic carbocycles. The zero-order valence-electron chi connectivity index (χ0n) is 9.75. The highest BCUT2D eigenvalue weighted by Crippen LogP contribution is 2.17. The molecule has 16 heavy (non-hydrogen) atoms. The molecule has 0 radical (unpaired) electrons. The molecule has 1 unspecified atom stereocenters. The quantitative estimate of drug-likeness (QED) is 0.566. The molecule has 1 aromatic heterocycles. The second-order valence-corrected chi connectivity index (χ2v) is 3.73. The number of nitrogens with zero attached hydrogens (tertiary/aromatic N) is 1. The van der Waals surface area contributed by atoms with Crippen molar-refractivity contribution in [3.05, 3.63) is 42.5 Å². The van der Waals surface area contributed by atoms with E-state index in [1.54, 1.807) is 6.07 Å². The molecule has 0 aliphatic carbocycles. The van der Waals surface area contributed by atoms with Crippen molar-refractivity contribution in [2.75, 3.05) is 6.54 Å². The fourth-order valence-electron chi connectivity index (χ4n) is 1.66. The van der Waals surface area contributed by atoms with Crippen LogP contribution in [-0.2, 0) is 0 Å². The Bertz CT molecular complexity index is 308. The van der Waals surface area contributed by atoms with Crippen LogP contribution in [-0.4, -0.2) is 11.5 Å². The van der Waals surface area contributed by atoms with Crippen LogP contribution in [0.25, 0.3) is 0 Å². The number of unbranched alkanes of at least 4 members (excludes halogenated alkanes) is 1. The fraction of sp³-hybridized carbons (Fsp3) is 0.462. The zero-order valence-corrected chi connectivity index (χ0v) is 9.75. The van der Waals surface area contributed by atoms with E-state index in [1.807, 2.05) is 6.08 Å². The largest absolute Gasteiger partial charge is 0.309 e. The Hall–Kier alpha value is -1.22. The van der Waals surface area contributed by atoms with Crippen molar-refractivity contribution >= 4 is 0 Å². The minimum Gasteiger partial charge on any atom is -0.309 e. The summed E-state index contributed by atoms with van der Waals surface area (Å²) in [5.74, 6) is -0.287. The van der Waals surface area contributed by atoms with Gasteiger partial charge in [-0.3, -0.25) is 4.98 Å². The minimum atomic E-state index is -0.287. The van der Waals surface area contributed by atoms with Gasteiger partial charge in [-0.1, -0.05) is 13.0 Å². The van der Waals surface area contributed by atoms with E-state index in [2.05, 4.69) is 23.8 Å². The lowest BCUT2D eigenvalue weighted by molar-refractivity contribution is 0.487. The van der Waals surface area contributed by atoms with Crippen LogP contribution in [0.2, 0.25) is 0 Å². The number of pyridine rings is 1. The highest BCUT2D eigenvalue weighted by Gasteiger charge is 2.10. The second kappa shape index (κ2) is 7.12. The van der Waals surface area contributed by atoms with Gasteiger partial charge in [0.1, 0.15) is 5.82 Å². The van der Waals surface area contributed by atoms with E-state index >= 15 is 0 Å². The fourth-order valence-corrected chi connectivity index (χ4v) is 1.66. The molecule has 1 heterocycles. The molecule has 0 aliphatic rings. The average molecular weight is 222 g/mol. The summed E-state index contributed by atoms with van der Waals surface area (Å²) in [6.07, 6.45) is 6.26. The van der Waals surface area contributed by atoms with Crippen molar-refractivity contribution in [1.29, 1.82) is 0 Å². The summed E-state index contributed by atoms with van der Waals surface area (Å²) >= 11 is 0. The van der Waals surface area contributed by atoms with Crippen LogP contribution in [0, 0.1) is 5.82 Å². The van der Waals surface area contributed by atoms with Crippen molar-refractivity contribution in [1.82, 2.24) is 10.3 Å². The molecule has 1 N–H and O–H groups in total. The predicted octanol–water partition coefficient (Wildman–Crippen LogP) is 3.23. The number of allylic oxidation sites excluding steroid dienone is 1. The van der Waals surface area contributed by atoms with Gasteiger partial charge < -0.3 is 5.32 Å². The Morgan fingerprint density at radius 3 is 2.94 bits per heavy atom. The van der Waals surface area contributed by atoms with E-state index in [-0.39, 0.29) is 11.9 Å². The van der Waals surface area contributed by atoms with Gasteiger partial charge in [-0.2, -0.15) is 0 Å². The SMILES string of the molecule is C=CCCCC(NCC)c1ccc(F)cn1. The molecular formula is C13H19FN2. The first-order valence-electron chi connectivity index (χ1n) is 5.73. The Morgan fingerprint density at radius 1 is 1.56 bits per heavy atom. The summed E-state index contributed by atoms with van der Waals surface area (Å²) in [7, 11) is 0. The van der Waals surface area contributed by atoms with Crippen LogP contribution in [0.3, 0.4) is 0 Å². The maximum atomic E-state index is 12.7. The first-order chi connectivity index (χ1) is 7.77. The number of halogens is 1. The molecule has 88 valence electrons. The molecule has 1 atom stereocenters. The Labute approximate surface area is 96.6 Å². The summed E-state index contributed by atoms with van der Waals surface area (Å²) in [5, 5.41) is 3.36. The first kappa shape index (κ1) is 12.8. The number of nitrogens with one attached hydrogen (secondary N) is 1. The molecule has 1 rings (SSSR count). The number of aromatic nitrogens is 1. The number of rotatable bonds is 7. The lowest BCUT2D eigenvalue weighted by Gasteiger charge is -2.16. The lowest BCUT2D eigenvalue weighted by Crippen LogP contribution is -2.21. The molecule has 0 spiro atoms. The van der Waals surface area contributed by atoms with E-state index in [4.69, 9.17) is 0 Å². The van der Waals surface area contributed by atoms with Gasteiger partial charge in [-0.05, 0) is 37.9 Å². The smallest absolute Gasteiger partial charge is 0.141 e. The van der Waals surface area contributed by atoms with Crippen molar-refractivity contribution < 1.29 is 4.39 Å². The van der Waals surface area contributed by atoms with E-state index < -0.39 is 0 Å². The Balaban J connectivity index is 2.60. The van der Waals surface area contributed by atoms with Crippen LogP contribution in [0.1, 0.15) is 37.9 Å². The van der Waals surface area contributed by atoms with E-state index in [0.29, 0.717) is 0 Å². The molecule has 0 aliphatic heterocycles. The van der Waals surface area contributed by atoms with Gasteiger partial charge in [0, 0.05) is 6.04 Å². The second-order valence-electron chi connectivity index (χ2n) is 3.73. The summed E-state index contributed by atoms with van der Waals surface area (Å²) in [6, 6.07) is 3.42. The lowest BCUT2D eigenvalue weighted by atomic mass is 10.1. The van der Waals surface area contributed by atoms with Gasteiger partial charge >= 0.3 is 0 Å². The monoisotopic (exact) mass is 222 g/mol. The van der Waals surface area contributed by atoms with Crippen molar-refractivity contribution in [2.45, 2.75) is 32.2 Å². The molecule has 3 heteroatoms. The average Bonchev–Trinajstić information content (AvgIpc) is 2.29. The van der Waals surface area contributed by atoms with Gasteiger partial charge in [-0.15, -0.1) is 6.58 Å². The highest BCUT2D eigenvalue weighted by molar-refractivity contribution is 5.09. The molecule has 2 nitrogen and oxygen atoms in total. The van der Waals surface area contributed by atoms with Crippen LogP contribution in [0.15, 0.2) is 31.0 Å². The van der Waals surface area contributed by atoms with Crippen LogP contribution in [0.5, 0.6) is 0 Å². The van der Waals surface area contributed by atoms with E-state index in [0.717, 1.165) is 31.5 Å². The van der Waals surface area contributed by atoms with Crippen LogP contribution < -0.4 is 5.32 Å². The maximum absolute atomic E-state index is 12.7. The van der Waals surface area contributed by atoms with E-state index in [9.17, 15) is 4.39 Å². The summed E-state index contributed by atoms with van der Waals surface area (Å²) in [6.45, 7) is 6.65. The van der Waals surface area contributed by atoms with Gasteiger partial charge in [-0.25, -0.2) is 4.39 Å². The third-order valence-corrected chi connectivity index (χ3v) is 2.46. The molecule has 0 saturated heterocycles. The topological polar surface area (TPSA) is 24.9 Å². The van der Waals surface area contributed by atoms with Crippen molar-refractivity contribution in [3.63, 3.8) is 0 Å². The number of hydrogen-bond acceptors (Lipinski definition) is 2. The molecular weight excluding hydrogens is 203 g/mol. The number of hydrogen-bond donors (Lipinski definition) is 1. The standard InChI is InChI=1S/C13H19FN2/c1-3-5-6-7-12(15-4-2)13-9-8-11(14)10-16-13/h3,8-10,12,15H,1,4-7H2,2H3. The van der Waals surface area contributed by atoms with E-state index in [1.165, 1.54) is 12.3 Å². The van der Waals surface area contributed by atoms with Crippen molar-refractivity contribution in [2.24, 2.45) is 0 Å². The van der Waals surface area contributed by atoms with Crippen LogP contribution >= 0.6 is 0 Å². The van der Waals surface area contributed by atoms with Gasteiger partial charge in [0.2, 0.25) is 0 Å². The maximum Gasteiger partial charge on any atom is 0.141 e. The molecule has 0 saturated carbocycles.